The first kappa shape index (κ1) is 23.4. The molecule has 172 valence electrons. The van der Waals surface area contributed by atoms with Crippen molar-refractivity contribution in [2.24, 2.45) is 5.92 Å². The number of methoxy groups -OCH3 is 3. The first-order valence-corrected chi connectivity index (χ1v) is 10.8. The van der Waals surface area contributed by atoms with Crippen molar-refractivity contribution in [2.45, 2.75) is 38.8 Å². The van der Waals surface area contributed by atoms with Gasteiger partial charge in [0.25, 0.3) is 0 Å². The first-order valence-electron chi connectivity index (χ1n) is 10.8. The van der Waals surface area contributed by atoms with Gasteiger partial charge in [-0.05, 0) is 47.6 Å². The topological polar surface area (TPSA) is 77.1 Å². The minimum absolute atomic E-state index is 0.225. The van der Waals surface area contributed by atoms with E-state index in [1.54, 1.807) is 19.1 Å². The van der Waals surface area contributed by atoms with E-state index in [-0.39, 0.29) is 18.0 Å². The highest BCUT2D eigenvalue weighted by molar-refractivity contribution is 5.84. The maximum atomic E-state index is 13.4. The van der Waals surface area contributed by atoms with E-state index < -0.39 is 12.0 Å². The van der Waals surface area contributed by atoms with Gasteiger partial charge in [-0.25, -0.2) is 9.59 Å². The van der Waals surface area contributed by atoms with Crippen molar-refractivity contribution in [1.29, 1.82) is 0 Å². The van der Waals surface area contributed by atoms with Crippen molar-refractivity contribution in [1.82, 2.24) is 10.2 Å². The zero-order chi connectivity index (χ0) is 23.3. The van der Waals surface area contributed by atoms with Gasteiger partial charge in [0.2, 0.25) is 0 Å². The van der Waals surface area contributed by atoms with Gasteiger partial charge in [0.1, 0.15) is 6.04 Å². The molecule has 3 rings (SSSR count). The summed E-state index contributed by atoms with van der Waals surface area (Å²) in [7, 11) is 4.55. The van der Waals surface area contributed by atoms with E-state index in [1.807, 2.05) is 56.3 Å². The number of carbonyl (C=O) groups excluding carboxylic acids is 2. The molecular weight excluding hydrogens is 408 g/mol. The van der Waals surface area contributed by atoms with E-state index in [0.717, 1.165) is 16.7 Å². The summed E-state index contributed by atoms with van der Waals surface area (Å²) in [5.74, 6) is 1.07. The van der Waals surface area contributed by atoms with Crippen molar-refractivity contribution in [3.8, 4) is 11.5 Å². The molecule has 2 aromatic rings. The number of hydrogen-bond acceptors (Lipinski definition) is 5. The Labute approximate surface area is 189 Å². The molecule has 7 nitrogen and oxygen atoms in total. The molecule has 0 fully saturated rings. The minimum Gasteiger partial charge on any atom is -0.493 e. The molecule has 2 amide bonds. The molecule has 2 unspecified atom stereocenters. The number of nitrogens with zero attached hydrogens (tertiary/aromatic N) is 1. The molecule has 0 radical (unpaired) electrons. The van der Waals surface area contributed by atoms with Crippen LogP contribution in [0.5, 0.6) is 11.5 Å². The third-order valence-electron chi connectivity index (χ3n) is 5.74. The van der Waals surface area contributed by atoms with Gasteiger partial charge in [0.05, 0.1) is 27.4 Å². The van der Waals surface area contributed by atoms with Gasteiger partial charge in [-0.3, -0.25) is 0 Å². The second-order valence-corrected chi connectivity index (χ2v) is 8.32. The average molecular weight is 441 g/mol. The molecule has 2 aromatic carbocycles. The quantitative estimate of drug-likeness (QED) is 0.660. The van der Waals surface area contributed by atoms with E-state index in [4.69, 9.17) is 14.2 Å². The predicted molar refractivity (Wildman–Crippen MR) is 122 cm³/mol. The van der Waals surface area contributed by atoms with Crippen LogP contribution in [0, 0.1) is 5.92 Å². The number of ether oxygens (including phenoxy) is 3. The van der Waals surface area contributed by atoms with Crippen LogP contribution in [0.1, 0.15) is 43.0 Å². The fraction of sp³-hybridized carbons (Fsp3) is 0.440. The molecule has 1 aliphatic heterocycles. The van der Waals surface area contributed by atoms with Gasteiger partial charge < -0.3 is 24.4 Å². The van der Waals surface area contributed by atoms with Gasteiger partial charge in [-0.2, -0.15) is 0 Å². The van der Waals surface area contributed by atoms with Gasteiger partial charge in [-0.15, -0.1) is 0 Å². The highest BCUT2D eigenvalue weighted by Gasteiger charge is 2.35. The van der Waals surface area contributed by atoms with Gasteiger partial charge in [0.15, 0.2) is 11.5 Å². The molecule has 1 aliphatic rings. The van der Waals surface area contributed by atoms with E-state index in [0.29, 0.717) is 30.9 Å². The van der Waals surface area contributed by atoms with Gasteiger partial charge in [0, 0.05) is 6.54 Å². The molecule has 7 heteroatoms. The molecule has 1 N–H and O–H groups in total. The Morgan fingerprint density at radius 2 is 1.72 bits per heavy atom. The summed E-state index contributed by atoms with van der Waals surface area (Å²) in [5, 5.41) is 2.91. The number of fused-ring (bicyclic) bond motifs is 1. The van der Waals surface area contributed by atoms with Crippen molar-refractivity contribution in [3.05, 3.63) is 59.2 Å². The van der Waals surface area contributed by atoms with E-state index in [9.17, 15) is 9.59 Å². The van der Waals surface area contributed by atoms with Crippen LogP contribution in [-0.2, 0) is 16.0 Å². The first-order chi connectivity index (χ1) is 15.4. The van der Waals surface area contributed by atoms with E-state index >= 15 is 0 Å². The Morgan fingerprint density at radius 1 is 1.06 bits per heavy atom. The van der Waals surface area contributed by atoms with Gasteiger partial charge in [-0.1, -0.05) is 44.2 Å². The smallest absolute Gasteiger partial charge is 0.328 e. The zero-order valence-corrected chi connectivity index (χ0v) is 19.4. The van der Waals surface area contributed by atoms with Crippen molar-refractivity contribution >= 4 is 12.0 Å². The highest BCUT2D eigenvalue weighted by Crippen LogP contribution is 2.41. The van der Waals surface area contributed by atoms with Gasteiger partial charge >= 0.3 is 12.0 Å². The average Bonchev–Trinajstić information content (AvgIpc) is 2.81. The van der Waals surface area contributed by atoms with Crippen LogP contribution < -0.4 is 14.8 Å². The number of rotatable bonds is 7. The molecule has 32 heavy (non-hydrogen) atoms. The molecule has 0 spiro atoms. The molecule has 2 atom stereocenters. The van der Waals surface area contributed by atoms with Crippen LogP contribution in [0.15, 0.2) is 42.5 Å². The SMILES string of the molecule is COC(=O)C(CC(C)C)NC(=O)N1CCc2cc(OC)c(OC)cc2C1c1ccccc1. The number of hydrogen-bond donors (Lipinski definition) is 1. The predicted octanol–water partition coefficient (Wildman–Crippen LogP) is 3.95. The second-order valence-electron chi connectivity index (χ2n) is 8.32. The van der Waals surface area contributed by atoms with Crippen LogP contribution in [0.4, 0.5) is 4.79 Å². The number of amides is 2. The Kier molecular flexibility index (Phi) is 7.62. The summed E-state index contributed by atoms with van der Waals surface area (Å²) in [4.78, 5) is 27.5. The number of nitrogens with one attached hydrogen (secondary N) is 1. The minimum atomic E-state index is -0.698. The molecule has 0 bridgehead atoms. The fourth-order valence-corrected chi connectivity index (χ4v) is 4.22. The van der Waals surface area contributed by atoms with E-state index in [2.05, 4.69) is 5.32 Å². The number of esters is 1. The third-order valence-corrected chi connectivity index (χ3v) is 5.74. The summed E-state index contributed by atoms with van der Waals surface area (Å²) in [6, 6.07) is 12.5. The summed E-state index contributed by atoms with van der Waals surface area (Å²) >= 11 is 0. The number of carbonyl (C=O) groups is 2. The normalized spacial score (nSPS) is 16.2. The molecule has 0 saturated heterocycles. The molecule has 0 aromatic heterocycles. The number of benzene rings is 2. The maximum absolute atomic E-state index is 13.4. The summed E-state index contributed by atoms with van der Waals surface area (Å²) in [6.07, 6.45) is 1.17. The maximum Gasteiger partial charge on any atom is 0.328 e. The summed E-state index contributed by atoms with van der Waals surface area (Å²) < 4.78 is 15.9. The molecule has 0 aliphatic carbocycles. The lowest BCUT2D eigenvalue weighted by molar-refractivity contribution is -0.143. The van der Waals surface area contributed by atoms with Crippen LogP contribution in [0.25, 0.3) is 0 Å². The van der Waals surface area contributed by atoms with Crippen molar-refractivity contribution in [2.75, 3.05) is 27.9 Å². The Morgan fingerprint density at radius 3 is 2.31 bits per heavy atom. The highest BCUT2D eigenvalue weighted by atomic mass is 16.5. The lowest BCUT2D eigenvalue weighted by Gasteiger charge is -2.38. The molecule has 1 heterocycles. The lowest BCUT2D eigenvalue weighted by Crippen LogP contribution is -2.51. The van der Waals surface area contributed by atoms with Crippen molar-refractivity contribution < 1.29 is 23.8 Å². The fourth-order valence-electron chi connectivity index (χ4n) is 4.22. The number of urea groups is 1. The lowest BCUT2D eigenvalue weighted by atomic mass is 9.88. The summed E-state index contributed by atoms with van der Waals surface area (Å²) in [5.41, 5.74) is 3.07. The Hall–Kier alpha value is -3.22. The monoisotopic (exact) mass is 440 g/mol. The largest absolute Gasteiger partial charge is 0.493 e. The van der Waals surface area contributed by atoms with Crippen LogP contribution in [-0.4, -0.2) is 50.8 Å². The van der Waals surface area contributed by atoms with Crippen LogP contribution >= 0.6 is 0 Å². The zero-order valence-electron chi connectivity index (χ0n) is 19.4. The molecular formula is C25H32N2O5. The molecule has 0 saturated carbocycles. The standard InChI is InChI=1S/C25H32N2O5/c1-16(2)13-20(24(28)32-5)26-25(29)27-12-11-18-14-21(30-3)22(31-4)15-19(18)23(27)17-9-7-6-8-10-17/h6-10,14-16,20,23H,11-13H2,1-5H3,(H,26,29). The van der Waals surface area contributed by atoms with Crippen molar-refractivity contribution in [3.63, 3.8) is 0 Å². The van der Waals surface area contributed by atoms with Crippen LogP contribution in [0.3, 0.4) is 0 Å². The van der Waals surface area contributed by atoms with Crippen LogP contribution in [0.2, 0.25) is 0 Å². The Bertz CT molecular complexity index is 945. The third kappa shape index (κ3) is 4.98. The van der Waals surface area contributed by atoms with E-state index in [1.165, 1.54) is 7.11 Å². The summed E-state index contributed by atoms with van der Waals surface area (Å²) in [6.45, 7) is 4.51. The second kappa shape index (κ2) is 10.4. The Balaban J connectivity index is 2.00.